The van der Waals surface area contributed by atoms with Crippen molar-refractivity contribution >= 4 is 17.5 Å². The second-order valence-corrected chi connectivity index (χ2v) is 9.08. The molecule has 1 amide bonds. The molecule has 1 saturated heterocycles. The molecule has 4 heteroatoms. The number of benzene rings is 1. The van der Waals surface area contributed by atoms with Gasteiger partial charge < -0.3 is 10.1 Å². The molecule has 2 fully saturated rings. The van der Waals surface area contributed by atoms with Gasteiger partial charge in [-0.05, 0) is 42.7 Å². The van der Waals surface area contributed by atoms with E-state index in [1.807, 2.05) is 0 Å². The lowest BCUT2D eigenvalue weighted by Gasteiger charge is -2.52. The highest BCUT2D eigenvalue weighted by atomic mass is 35.5. The monoisotopic (exact) mass is 377 g/mol. The number of carbonyl (C=O) groups is 1. The van der Waals surface area contributed by atoms with Crippen LogP contribution in [-0.2, 0) is 9.53 Å². The van der Waals surface area contributed by atoms with E-state index in [-0.39, 0.29) is 29.5 Å². The summed E-state index contributed by atoms with van der Waals surface area (Å²) < 4.78 is 6.57. The molecule has 0 radical (unpaired) electrons. The van der Waals surface area contributed by atoms with E-state index in [4.69, 9.17) is 16.3 Å². The summed E-state index contributed by atoms with van der Waals surface area (Å²) >= 11 is 5.79. The second kappa shape index (κ2) is 7.90. The topological polar surface area (TPSA) is 38.3 Å². The van der Waals surface area contributed by atoms with Crippen LogP contribution in [0.15, 0.2) is 24.3 Å². The fourth-order valence-electron chi connectivity index (χ4n) is 4.79. The molecule has 1 aromatic rings. The average Bonchev–Trinajstić information content (AvgIpc) is 2.61. The molecule has 1 aromatic carbocycles. The molecule has 5 atom stereocenters. The highest BCUT2D eigenvalue weighted by Gasteiger charge is 2.49. The minimum absolute atomic E-state index is 0.0119. The predicted octanol–water partition coefficient (Wildman–Crippen LogP) is 5.19. The summed E-state index contributed by atoms with van der Waals surface area (Å²) in [6, 6.07) is 8.79. The van der Waals surface area contributed by atoms with E-state index in [0.29, 0.717) is 17.8 Å². The lowest BCUT2D eigenvalue weighted by atomic mass is 9.66. The maximum Gasteiger partial charge on any atom is 0.235 e. The lowest BCUT2D eigenvalue weighted by Crippen LogP contribution is -2.60. The molecule has 0 aromatic heterocycles. The smallest absolute Gasteiger partial charge is 0.235 e. The minimum atomic E-state index is -0.267. The van der Waals surface area contributed by atoms with Gasteiger partial charge in [0.25, 0.3) is 0 Å². The Bertz CT molecular complexity index is 630. The van der Waals surface area contributed by atoms with Crippen molar-refractivity contribution in [2.45, 2.75) is 77.0 Å². The molecule has 1 aliphatic heterocycles. The number of hydrogen-bond acceptors (Lipinski definition) is 2. The van der Waals surface area contributed by atoms with Gasteiger partial charge in [0.15, 0.2) is 0 Å². The van der Waals surface area contributed by atoms with Gasteiger partial charge in [-0.25, -0.2) is 0 Å². The van der Waals surface area contributed by atoms with Crippen molar-refractivity contribution in [3.63, 3.8) is 0 Å². The zero-order chi connectivity index (χ0) is 18.9. The Balaban J connectivity index is 1.86. The van der Waals surface area contributed by atoms with Gasteiger partial charge >= 0.3 is 0 Å². The first-order valence-corrected chi connectivity index (χ1v) is 10.5. The fourth-order valence-corrected chi connectivity index (χ4v) is 4.86. The average molecular weight is 378 g/mol. The van der Waals surface area contributed by atoms with Crippen molar-refractivity contribution in [2.24, 2.45) is 11.8 Å². The van der Waals surface area contributed by atoms with E-state index in [0.717, 1.165) is 19.3 Å². The molecule has 1 heterocycles. The Morgan fingerprint density at radius 3 is 2.62 bits per heavy atom. The molecule has 0 spiro atoms. The Kier molecular flexibility index (Phi) is 5.98. The summed E-state index contributed by atoms with van der Waals surface area (Å²) in [4.78, 5) is 12.1. The van der Waals surface area contributed by atoms with Crippen LogP contribution >= 0.6 is 11.6 Å². The predicted molar refractivity (Wildman–Crippen MR) is 107 cm³/mol. The van der Waals surface area contributed by atoms with Gasteiger partial charge in [0, 0.05) is 17.9 Å². The maximum absolute atomic E-state index is 12.1. The van der Waals surface area contributed by atoms with Crippen LogP contribution in [0.3, 0.4) is 0 Å². The molecule has 1 saturated carbocycles. The summed E-state index contributed by atoms with van der Waals surface area (Å²) in [7, 11) is 0. The first kappa shape index (κ1) is 19.7. The number of fused-ring (bicyclic) bond motifs is 1. The van der Waals surface area contributed by atoms with Crippen LogP contribution in [0, 0.1) is 11.8 Å². The van der Waals surface area contributed by atoms with E-state index in [9.17, 15) is 4.79 Å². The van der Waals surface area contributed by atoms with Crippen molar-refractivity contribution in [1.29, 1.82) is 0 Å². The van der Waals surface area contributed by atoms with Crippen molar-refractivity contribution in [3.8, 4) is 0 Å². The van der Waals surface area contributed by atoms with Gasteiger partial charge in [-0.2, -0.15) is 0 Å². The third kappa shape index (κ3) is 4.09. The third-order valence-corrected chi connectivity index (χ3v) is 6.58. The molecule has 144 valence electrons. The van der Waals surface area contributed by atoms with Crippen LogP contribution < -0.4 is 5.32 Å². The Morgan fingerprint density at radius 2 is 2.00 bits per heavy atom. The SMILES string of the molecule is CC(C)c1ccc([C@H]2C[C@](C)(NC(=O)CCl)[C@@H]3CC[C@@H](C)C[C@H]3O2)cc1. The van der Waals surface area contributed by atoms with Crippen molar-refractivity contribution < 1.29 is 9.53 Å². The molecular formula is C22H32ClNO2. The van der Waals surface area contributed by atoms with Crippen LogP contribution in [0.1, 0.15) is 76.5 Å². The summed E-state index contributed by atoms with van der Waals surface area (Å²) in [6.07, 6.45) is 4.38. The molecule has 2 aliphatic rings. The fraction of sp³-hybridized carbons (Fsp3) is 0.682. The zero-order valence-corrected chi connectivity index (χ0v) is 17.2. The van der Waals surface area contributed by atoms with Crippen molar-refractivity contribution in [2.75, 3.05) is 5.88 Å². The van der Waals surface area contributed by atoms with Crippen molar-refractivity contribution in [1.82, 2.24) is 5.32 Å². The maximum atomic E-state index is 12.1. The second-order valence-electron chi connectivity index (χ2n) is 8.81. The van der Waals surface area contributed by atoms with Gasteiger partial charge in [0.2, 0.25) is 5.91 Å². The van der Waals surface area contributed by atoms with Crippen LogP contribution in [-0.4, -0.2) is 23.4 Å². The number of hydrogen-bond donors (Lipinski definition) is 1. The van der Waals surface area contributed by atoms with Crippen molar-refractivity contribution in [3.05, 3.63) is 35.4 Å². The summed E-state index contributed by atoms with van der Waals surface area (Å²) in [5.41, 5.74) is 2.28. The zero-order valence-electron chi connectivity index (χ0n) is 16.4. The lowest BCUT2D eigenvalue weighted by molar-refractivity contribution is -0.152. The highest BCUT2D eigenvalue weighted by Crippen LogP contribution is 2.47. The summed E-state index contributed by atoms with van der Waals surface area (Å²) in [5, 5.41) is 3.24. The number of amides is 1. The van der Waals surface area contributed by atoms with Gasteiger partial charge in [-0.1, -0.05) is 51.5 Å². The molecule has 3 nitrogen and oxygen atoms in total. The van der Waals surface area contributed by atoms with Gasteiger partial charge in [-0.3, -0.25) is 4.79 Å². The number of alkyl halides is 1. The quantitative estimate of drug-likeness (QED) is 0.733. The number of nitrogens with one attached hydrogen (secondary N) is 1. The Labute approximate surface area is 162 Å². The Hall–Kier alpha value is -1.06. The van der Waals surface area contributed by atoms with Crippen LogP contribution in [0.4, 0.5) is 0 Å². The first-order valence-electron chi connectivity index (χ1n) is 9.94. The van der Waals surface area contributed by atoms with E-state index < -0.39 is 0 Å². The molecule has 1 aliphatic carbocycles. The minimum Gasteiger partial charge on any atom is -0.370 e. The molecule has 1 N–H and O–H groups in total. The van der Waals surface area contributed by atoms with Crippen LogP contribution in [0.2, 0.25) is 0 Å². The van der Waals surface area contributed by atoms with E-state index >= 15 is 0 Å². The van der Waals surface area contributed by atoms with Gasteiger partial charge in [0.05, 0.1) is 12.2 Å². The van der Waals surface area contributed by atoms with E-state index in [1.54, 1.807) is 0 Å². The van der Waals surface area contributed by atoms with E-state index in [2.05, 4.69) is 57.3 Å². The molecule has 26 heavy (non-hydrogen) atoms. The largest absolute Gasteiger partial charge is 0.370 e. The Morgan fingerprint density at radius 1 is 1.31 bits per heavy atom. The number of ether oxygens (including phenoxy) is 1. The number of halogens is 1. The standard InChI is InChI=1S/C22H32ClNO2/c1-14(2)16-6-8-17(9-7-16)20-12-22(4,24-21(25)13-23)18-10-5-15(3)11-19(18)26-20/h6-9,14-15,18-20H,5,10-13H2,1-4H3,(H,24,25)/t15-,18-,19-,20-,22+/m1/s1. The first-order chi connectivity index (χ1) is 12.3. The molecular weight excluding hydrogens is 346 g/mol. The van der Waals surface area contributed by atoms with Crippen LogP contribution in [0.5, 0.6) is 0 Å². The number of rotatable bonds is 4. The molecule has 0 unspecified atom stereocenters. The summed E-state index contributed by atoms with van der Waals surface area (Å²) in [5.74, 6) is 1.48. The highest BCUT2D eigenvalue weighted by molar-refractivity contribution is 6.27. The van der Waals surface area contributed by atoms with Crippen LogP contribution in [0.25, 0.3) is 0 Å². The summed E-state index contributed by atoms with van der Waals surface area (Å²) in [6.45, 7) is 8.90. The van der Waals surface area contributed by atoms with Gasteiger partial charge in [-0.15, -0.1) is 11.6 Å². The van der Waals surface area contributed by atoms with Gasteiger partial charge in [0.1, 0.15) is 5.88 Å². The normalized spacial score (nSPS) is 34.4. The van der Waals surface area contributed by atoms with E-state index in [1.165, 1.54) is 17.5 Å². The number of carbonyl (C=O) groups excluding carboxylic acids is 1. The third-order valence-electron chi connectivity index (χ3n) is 6.34. The molecule has 0 bridgehead atoms. The molecule has 3 rings (SSSR count).